The molecule has 0 aliphatic heterocycles. The Morgan fingerprint density at radius 2 is 1.89 bits per heavy atom. The van der Waals surface area contributed by atoms with Crippen molar-refractivity contribution >= 4 is 6.08 Å². The molecule has 0 atom stereocenters. The van der Waals surface area contributed by atoms with Crippen LogP contribution in [0.3, 0.4) is 0 Å². The molecule has 1 heteroatoms. The predicted octanol–water partition coefficient (Wildman–Crippen LogP) is 4.98. The number of methoxy groups -OCH3 is 1. The summed E-state index contributed by atoms with van der Waals surface area (Å²) in [5, 5.41) is 0. The smallest absolute Gasteiger partial charge is 0.129 e. The summed E-state index contributed by atoms with van der Waals surface area (Å²) in [6.07, 6.45) is 6.36. The molecule has 1 rings (SSSR count). The van der Waals surface area contributed by atoms with Gasteiger partial charge in [0.05, 0.1) is 7.11 Å². The third-order valence-corrected chi connectivity index (χ3v) is 3.75. The Morgan fingerprint density at radius 3 is 2.33 bits per heavy atom. The van der Waals surface area contributed by atoms with Gasteiger partial charge in [0.15, 0.2) is 0 Å². The molecule has 0 fully saturated rings. The van der Waals surface area contributed by atoms with Gasteiger partial charge in [-0.05, 0) is 36.8 Å². The van der Waals surface area contributed by atoms with Crippen LogP contribution in [-0.4, -0.2) is 7.11 Å². The van der Waals surface area contributed by atoms with Crippen LogP contribution in [0.1, 0.15) is 57.7 Å². The minimum Gasteiger partial charge on any atom is -0.496 e. The molecule has 0 unspecified atom stereocenters. The van der Waals surface area contributed by atoms with E-state index in [0.717, 1.165) is 18.6 Å². The van der Waals surface area contributed by atoms with Gasteiger partial charge in [0.1, 0.15) is 5.75 Å². The molecule has 1 nitrogen and oxygen atoms in total. The van der Waals surface area contributed by atoms with Gasteiger partial charge < -0.3 is 4.74 Å². The van der Waals surface area contributed by atoms with Crippen molar-refractivity contribution in [3.8, 4) is 5.75 Å². The monoisotopic (exact) mass is 246 g/mol. The number of hydrogen-bond donors (Lipinski definition) is 0. The van der Waals surface area contributed by atoms with E-state index in [9.17, 15) is 0 Å². The van der Waals surface area contributed by atoms with Gasteiger partial charge in [-0.2, -0.15) is 0 Å². The minimum atomic E-state index is 0.146. The summed E-state index contributed by atoms with van der Waals surface area (Å²) in [5.41, 5.74) is 4.03. The molecule has 0 saturated heterocycles. The Labute approximate surface area is 112 Å². The quantitative estimate of drug-likeness (QED) is 0.712. The van der Waals surface area contributed by atoms with E-state index in [1.54, 1.807) is 7.11 Å². The van der Waals surface area contributed by atoms with E-state index in [4.69, 9.17) is 4.74 Å². The second kappa shape index (κ2) is 6.08. The van der Waals surface area contributed by atoms with Crippen molar-refractivity contribution in [2.75, 3.05) is 7.11 Å². The Morgan fingerprint density at radius 1 is 1.22 bits per heavy atom. The SMILES string of the molecule is C/C=C\c1cc(CC)cc(C(C)(C)CC)c1OC. The molecule has 0 radical (unpaired) electrons. The first-order valence-electron chi connectivity index (χ1n) is 6.84. The standard InChI is InChI=1S/C17H26O/c1-7-10-14-11-13(8-2)12-15(16(14)18-6)17(4,5)9-3/h7,10-12H,8-9H2,1-6H3/b10-7-. The first-order chi connectivity index (χ1) is 8.50. The predicted molar refractivity (Wildman–Crippen MR) is 80.4 cm³/mol. The molecule has 0 spiro atoms. The largest absolute Gasteiger partial charge is 0.496 e. The Balaban J connectivity index is 3.52. The van der Waals surface area contributed by atoms with Crippen molar-refractivity contribution in [2.24, 2.45) is 0 Å². The van der Waals surface area contributed by atoms with Gasteiger partial charge in [-0.3, -0.25) is 0 Å². The van der Waals surface area contributed by atoms with Gasteiger partial charge in [0, 0.05) is 11.1 Å². The number of allylic oxidation sites excluding steroid dienone is 1. The second-order valence-electron chi connectivity index (χ2n) is 5.36. The Bertz CT molecular complexity index is 427. The number of aryl methyl sites for hydroxylation is 1. The molecule has 0 saturated carbocycles. The molecule has 0 N–H and O–H groups in total. The van der Waals surface area contributed by atoms with Crippen LogP contribution in [0.5, 0.6) is 5.75 Å². The molecule has 0 amide bonds. The molecular weight excluding hydrogens is 220 g/mol. The van der Waals surface area contributed by atoms with Crippen LogP contribution in [0.2, 0.25) is 0 Å². The normalized spacial score (nSPS) is 12.1. The second-order valence-corrected chi connectivity index (χ2v) is 5.36. The van der Waals surface area contributed by atoms with E-state index in [2.05, 4.69) is 52.0 Å². The lowest BCUT2D eigenvalue weighted by molar-refractivity contribution is 0.388. The van der Waals surface area contributed by atoms with E-state index in [1.165, 1.54) is 16.7 Å². The summed E-state index contributed by atoms with van der Waals surface area (Å²) in [5.74, 6) is 1.03. The Kier molecular flexibility index (Phi) is 5.01. The molecule has 0 heterocycles. The fourth-order valence-electron chi connectivity index (χ4n) is 2.14. The molecule has 0 aromatic heterocycles. The zero-order valence-corrected chi connectivity index (χ0v) is 12.6. The van der Waals surface area contributed by atoms with Crippen LogP contribution in [0.25, 0.3) is 6.08 Å². The summed E-state index contributed by atoms with van der Waals surface area (Å²) in [6.45, 7) is 11.0. The van der Waals surface area contributed by atoms with Crippen LogP contribution in [0, 0.1) is 0 Å². The molecule has 0 aliphatic carbocycles. The van der Waals surface area contributed by atoms with Crippen molar-refractivity contribution < 1.29 is 4.74 Å². The number of benzene rings is 1. The highest BCUT2D eigenvalue weighted by molar-refractivity contribution is 5.62. The summed E-state index contributed by atoms with van der Waals surface area (Å²) in [7, 11) is 1.77. The first-order valence-corrected chi connectivity index (χ1v) is 6.84. The van der Waals surface area contributed by atoms with Crippen LogP contribution in [0.15, 0.2) is 18.2 Å². The van der Waals surface area contributed by atoms with Crippen molar-refractivity contribution in [3.63, 3.8) is 0 Å². The van der Waals surface area contributed by atoms with Gasteiger partial charge >= 0.3 is 0 Å². The zero-order valence-electron chi connectivity index (χ0n) is 12.6. The van der Waals surface area contributed by atoms with E-state index >= 15 is 0 Å². The highest BCUT2D eigenvalue weighted by Gasteiger charge is 2.24. The first kappa shape index (κ1) is 14.8. The minimum absolute atomic E-state index is 0.146. The molecule has 100 valence electrons. The zero-order chi connectivity index (χ0) is 13.8. The number of hydrogen-bond acceptors (Lipinski definition) is 1. The van der Waals surface area contributed by atoms with E-state index in [0.29, 0.717) is 0 Å². The molecule has 0 aliphatic rings. The van der Waals surface area contributed by atoms with E-state index < -0.39 is 0 Å². The highest BCUT2D eigenvalue weighted by atomic mass is 16.5. The average molecular weight is 246 g/mol. The van der Waals surface area contributed by atoms with E-state index in [-0.39, 0.29) is 5.41 Å². The van der Waals surface area contributed by atoms with Gasteiger partial charge in [0.2, 0.25) is 0 Å². The lowest BCUT2D eigenvalue weighted by atomic mass is 9.79. The van der Waals surface area contributed by atoms with E-state index in [1.807, 2.05) is 6.92 Å². The van der Waals surface area contributed by atoms with Crippen molar-refractivity contribution in [1.82, 2.24) is 0 Å². The molecule has 0 bridgehead atoms. The molecule has 1 aromatic carbocycles. The molecule has 18 heavy (non-hydrogen) atoms. The van der Waals surface area contributed by atoms with Crippen LogP contribution >= 0.6 is 0 Å². The van der Waals surface area contributed by atoms with Crippen LogP contribution in [0.4, 0.5) is 0 Å². The van der Waals surface area contributed by atoms with Crippen molar-refractivity contribution in [3.05, 3.63) is 34.9 Å². The summed E-state index contributed by atoms with van der Waals surface area (Å²) < 4.78 is 5.67. The fraction of sp³-hybridized carbons (Fsp3) is 0.529. The summed E-state index contributed by atoms with van der Waals surface area (Å²) in [4.78, 5) is 0. The Hall–Kier alpha value is -1.24. The fourth-order valence-corrected chi connectivity index (χ4v) is 2.14. The van der Waals surface area contributed by atoms with Gasteiger partial charge in [0.25, 0.3) is 0 Å². The average Bonchev–Trinajstić information content (AvgIpc) is 2.38. The molecule has 1 aromatic rings. The van der Waals surface area contributed by atoms with Gasteiger partial charge in [-0.15, -0.1) is 0 Å². The summed E-state index contributed by atoms with van der Waals surface area (Å²) in [6, 6.07) is 4.53. The maximum absolute atomic E-state index is 5.67. The van der Waals surface area contributed by atoms with Gasteiger partial charge in [-0.25, -0.2) is 0 Å². The number of rotatable bonds is 5. The van der Waals surface area contributed by atoms with Crippen molar-refractivity contribution in [2.45, 2.75) is 52.9 Å². The van der Waals surface area contributed by atoms with Crippen LogP contribution < -0.4 is 4.74 Å². The maximum Gasteiger partial charge on any atom is 0.129 e. The third-order valence-electron chi connectivity index (χ3n) is 3.75. The number of ether oxygens (including phenoxy) is 1. The lowest BCUT2D eigenvalue weighted by Crippen LogP contribution is -2.17. The maximum atomic E-state index is 5.67. The third kappa shape index (κ3) is 2.95. The molecular formula is C17H26O. The van der Waals surface area contributed by atoms with Crippen LogP contribution in [-0.2, 0) is 11.8 Å². The van der Waals surface area contributed by atoms with Crippen molar-refractivity contribution in [1.29, 1.82) is 0 Å². The van der Waals surface area contributed by atoms with Gasteiger partial charge in [-0.1, -0.05) is 45.9 Å². The lowest BCUT2D eigenvalue weighted by Gasteiger charge is -2.27. The summed E-state index contributed by atoms with van der Waals surface area (Å²) >= 11 is 0. The highest BCUT2D eigenvalue weighted by Crippen LogP contribution is 2.38. The topological polar surface area (TPSA) is 9.23 Å².